The molecule has 1 aromatic heterocycles. The van der Waals surface area contributed by atoms with Gasteiger partial charge in [0.2, 0.25) is 0 Å². The molecule has 0 atom stereocenters. The fourth-order valence-corrected chi connectivity index (χ4v) is 2.56. The molecule has 0 saturated carbocycles. The van der Waals surface area contributed by atoms with Gasteiger partial charge in [-0.25, -0.2) is 11.2 Å². The van der Waals surface area contributed by atoms with Crippen molar-refractivity contribution in [1.82, 2.24) is 4.98 Å². The summed E-state index contributed by atoms with van der Waals surface area (Å²) in [4.78, 5) is 4.90. The molecular formula is C7H3AuNNa2O6S5-2. The summed E-state index contributed by atoms with van der Waals surface area (Å²) in [5.74, 6) is 0. The van der Waals surface area contributed by atoms with Gasteiger partial charge in [-0.2, -0.15) is 4.33 Å². The predicted octanol–water partition coefficient (Wildman–Crippen LogP) is -5.94. The normalized spacial score (nSPS) is 9.05. The van der Waals surface area contributed by atoms with E-state index in [0.717, 1.165) is 27.2 Å². The second kappa shape index (κ2) is 17.0. The third-order valence-corrected chi connectivity index (χ3v) is 3.56. The van der Waals surface area contributed by atoms with Crippen LogP contribution in [0.15, 0.2) is 27.4 Å². The van der Waals surface area contributed by atoms with E-state index in [1.54, 1.807) is 6.07 Å². The van der Waals surface area contributed by atoms with Crippen molar-refractivity contribution in [3.63, 3.8) is 0 Å². The van der Waals surface area contributed by atoms with E-state index in [0.29, 0.717) is 4.34 Å². The summed E-state index contributed by atoms with van der Waals surface area (Å²) in [5.41, 5.74) is 0.854. The van der Waals surface area contributed by atoms with Crippen LogP contribution in [0.5, 0.6) is 0 Å². The molecule has 0 bridgehead atoms. The van der Waals surface area contributed by atoms with E-state index in [9.17, 15) is 9.47 Å². The Balaban J connectivity index is -0.000000401. The number of fused-ring (bicyclic) bond motifs is 1. The zero-order chi connectivity index (χ0) is 14.3. The van der Waals surface area contributed by atoms with Crippen LogP contribution >= 0.6 is 23.4 Å². The summed E-state index contributed by atoms with van der Waals surface area (Å²) in [6.45, 7) is 0. The zero-order valence-corrected chi connectivity index (χ0v) is 21.2. The second-order valence-corrected chi connectivity index (χ2v) is 6.41. The van der Waals surface area contributed by atoms with Crippen LogP contribution in [0.1, 0.15) is 0 Å². The molecule has 2 rings (SSSR count). The molecule has 0 aliphatic heterocycles. The molecule has 0 spiro atoms. The maximum atomic E-state index is 9.60. The van der Waals surface area contributed by atoms with Crippen LogP contribution in [0.2, 0.25) is 0 Å². The summed E-state index contributed by atoms with van der Waals surface area (Å²) in [6.07, 6.45) is 0. The van der Waals surface area contributed by atoms with E-state index >= 15 is 0 Å². The first-order chi connectivity index (χ1) is 9.06. The number of nitrogens with zero attached hydrogens (tertiary/aromatic N) is 1. The van der Waals surface area contributed by atoms with Crippen molar-refractivity contribution in [3.8, 4) is 0 Å². The second-order valence-electron chi connectivity index (χ2n) is 2.60. The van der Waals surface area contributed by atoms with Crippen LogP contribution in [0.25, 0.3) is 10.2 Å². The van der Waals surface area contributed by atoms with Crippen molar-refractivity contribution in [2.45, 2.75) is 9.24 Å². The molecule has 0 fully saturated rings. The molecule has 0 aliphatic carbocycles. The van der Waals surface area contributed by atoms with Crippen LogP contribution < -0.4 is 69.6 Å². The summed E-state index contributed by atoms with van der Waals surface area (Å²) in [7, 11) is -2.04. The topological polar surface area (TPSA) is 104 Å². The van der Waals surface area contributed by atoms with Crippen LogP contribution in [-0.4, -0.2) is 4.98 Å². The van der Waals surface area contributed by atoms with Crippen molar-refractivity contribution >= 4 is 67.1 Å². The van der Waals surface area contributed by atoms with Gasteiger partial charge in [-0.3, -0.25) is 10.0 Å². The van der Waals surface area contributed by atoms with E-state index in [4.69, 9.17) is 17.9 Å². The third-order valence-electron chi connectivity index (χ3n) is 1.55. The molecule has 22 heavy (non-hydrogen) atoms. The van der Waals surface area contributed by atoms with Crippen molar-refractivity contribution < 1.29 is 110 Å². The largest absolute Gasteiger partial charge is 1.00 e. The zero-order valence-electron chi connectivity index (χ0n) is 11.0. The third kappa shape index (κ3) is 12.0. The van der Waals surface area contributed by atoms with E-state index in [1.165, 1.54) is 11.3 Å². The quantitative estimate of drug-likeness (QED) is 0.111. The molecular weight excluding hydrogens is 597 g/mol. The molecule has 0 saturated heterocycles. The number of aromatic nitrogens is 1. The Morgan fingerprint density at radius 2 is 1.95 bits per heavy atom. The fraction of sp³-hybridized carbons (Fsp3) is 0. The summed E-state index contributed by atoms with van der Waals surface area (Å²) in [5, 5.41) is 21.6. The SMILES string of the molecule is O=[S-](=S)O[O-].[Au].[Na+].[Na+].[O-]OOSc1ccc2nc([S-])sc2c1. The van der Waals surface area contributed by atoms with Crippen LogP contribution in [0, 0.1) is 0 Å². The molecule has 0 amide bonds. The van der Waals surface area contributed by atoms with Crippen molar-refractivity contribution in [2.24, 2.45) is 0 Å². The predicted molar refractivity (Wildman–Crippen MR) is 69.8 cm³/mol. The standard InChI is InChI=1S/C7H5NO3S3.Au.2Na.HO3S2/c9-10-11-14-4-1-2-5-6(3-4)13-7(12)8-5;;;;1-3-5(2)4/h1-3,9H,(H,8,12);;;;1H/q;;2*+1;-1/p-3. The monoisotopic (exact) mass is 600 g/mol. The van der Waals surface area contributed by atoms with E-state index in [-0.39, 0.29) is 81.5 Å². The van der Waals surface area contributed by atoms with Crippen LogP contribution in [0.4, 0.5) is 0 Å². The molecule has 0 N–H and O–H groups in total. The van der Waals surface area contributed by atoms with Gasteiger partial charge < -0.3 is 43.0 Å². The summed E-state index contributed by atoms with van der Waals surface area (Å²) < 4.78 is 17.8. The van der Waals surface area contributed by atoms with Gasteiger partial charge in [0.05, 0.1) is 17.6 Å². The summed E-state index contributed by atoms with van der Waals surface area (Å²) in [6, 6.07) is 5.44. The number of hydrogen-bond donors (Lipinski definition) is 0. The van der Waals surface area contributed by atoms with E-state index in [2.05, 4.69) is 29.9 Å². The van der Waals surface area contributed by atoms with Gasteiger partial charge in [0, 0.05) is 27.3 Å². The maximum absolute atomic E-state index is 9.60. The van der Waals surface area contributed by atoms with Gasteiger partial charge in [0.1, 0.15) is 0 Å². The maximum Gasteiger partial charge on any atom is 1.00 e. The average molecular weight is 600 g/mol. The molecule has 0 aliphatic rings. The molecule has 1 radical (unpaired) electrons. The Hall–Kier alpha value is 2.59. The molecule has 1 aromatic carbocycles. The van der Waals surface area contributed by atoms with Gasteiger partial charge in [0.25, 0.3) is 0 Å². The molecule has 7 nitrogen and oxygen atoms in total. The minimum absolute atomic E-state index is 0. The molecule has 2 aromatic rings. The number of hydrogen-bond acceptors (Lipinski definition) is 12. The van der Waals surface area contributed by atoms with Gasteiger partial charge >= 0.3 is 59.1 Å². The Kier molecular flexibility index (Phi) is 22.7. The molecule has 1 heterocycles. The first-order valence-electron chi connectivity index (χ1n) is 4.17. The molecule has 0 unspecified atom stereocenters. The van der Waals surface area contributed by atoms with Crippen molar-refractivity contribution in [1.29, 1.82) is 0 Å². The Morgan fingerprint density at radius 3 is 2.45 bits per heavy atom. The Bertz CT molecular complexity index is 606. The Labute approximate surface area is 206 Å². The average Bonchev–Trinajstić information content (AvgIpc) is 2.76. The summed E-state index contributed by atoms with van der Waals surface area (Å²) >= 11 is 10.9. The van der Waals surface area contributed by atoms with Crippen molar-refractivity contribution in [2.75, 3.05) is 0 Å². The number of rotatable bonds is 4. The molecule has 15 heteroatoms. The fourth-order valence-electron chi connectivity index (χ4n) is 0.989. The van der Waals surface area contributed by atoms with Crippen molar-refractivity contribution in [3.05, 3.63) is 18.2 Å². The van der Waals surface area contributed by atoms with E-state index < -0.39 is 9.64 Å². The van der Waals surface area contributed by atoms with Gasteiger partial charge in [-0.1, -0.05) is 9.64 Å². The van der Waals surface area contributed by atoms with Gasteiger partial charge in [-0.05, 0) is 27.2 Å². The number of benzene rings is 1. The van der Waals surface area contributed by atoms with E-state index in [1.807, 2.05) is 12.1 Å². The minimum atomic E-state index is -2.04. The van der Waals surface area contributed by atoms with Gasteiger partial charge in [-0.15, -0.1) is 0 Å². The Morgan fingerprint density at radius 1 is 1.36 bits per heavy atom. The molecule has 117 valence electrons. The smallest absolute Gasteiger partial charge is 0.744 e. The first kappa shape index (κ1) is 29.4. The van der Waals surface area contributed by atoms with Gasteiger partial charge in [0.15, 0.2) is 0 Å². The number of thiazole rings is 1. The van der Waals surface area contributed by atoms with Crippen LogP contribution in [-0.2, 0) is 73.8 Å². The van der Waals surface area contributed by atoms with Crippen LogP contribution in [0.3, 0.4) is 0 Å². The first-order valence-corrected chi connectivity index (χ1v) is 8.13. The minimum Gasteiger partial charge on any atom is -0.744 e.